The molecule has 0 atom stereocenters. The van der Waals surface area contributed by atoms with Crippen LogP contribution in [0.1, 0.15) is 5.69 Å². The topological polar surface area (TPSA) is 37.8 Å². The van der Waals surface area contributed by atoms with Crippen molar-refractivity contribution >= 4 is 5.95 Å². The normalized spacial score (nSPS) is 8.20. The third-order valence-electron chi connectivity index (χ3n) is 0.950. The molecule has 1 aromatic rings. The van der Waals surface area contributed by atoms with E-state index in [-0.39, 0.29) is 21.1 Å². The SMILES string of the molecule is CNc1n[c-]cc(C)n1.[W]. The number of nitrogens with zero attached hydrogens (tertiary/aromatic N) is 2. The first-order valence-electron chi connectivity index (χ1n) is 2.72. The molecule has 1 heterocycles. The van der Waals surface area contributed by atoms with Crippen molar-refractivity contribution in [2.45, 2.75) is 6.92 Å². The molecule has 3 nitrogen and oxygen atoms in total. The smallest absolute Gasteiger partial charge is 0.106 e. The van der Waals surface area contributed by atoms with Crippen LogP contribution >= 0.6 is 0 Å². The van der Waals surface area contributed by atoms with E-state index in [2.05, 4.69) is 21.5 Å². The molecule has 10 heavy (non-hydrogen) atoms. The Balaban J connectivity index is 0.000000810. The van der Waals surface area contributed by atoms with Gasteiger partial charge in [-0.1, -0.05) is 18.8 Å². The molecule has 1 rings (SSSR count). The summed E-state index contributed by atoms with van der Waals surface area (Å²) < 4.78 is 0. The zero-order valence-corrected chi connectivity index (χ0v) is 8.81. The summed E-state index contributed by atoms with van der Waals surface area (Å²) in [6, 6.07) is 1.74. The predicted molar refractivity (Wildman–Crippen MR) is 35.2 cm³/mol. The first kappa shape index (κ1) is 9.57. The van der Waals surface area contributed by atoms with Gasteiger partial charge in [0.25, 0.3) is 0 Å². The molecule has 54 valence electrons. The van der Waals surface area contributed by atoms with Crippen LogP contribution in [0.25, 0.3) is 0 Å². The molecular formula is C6H8N3W-. The van der Waals surface area contributed by atoms with Gasteiger partial charge in [-0.3, -0.25) is 0 Å². The maximum Gasteiger partial charge on any atom is 0.106 e. The molecule has 0 unspecified atom stereocenters. The van der Waals surface area contributed by atoms with Gasteiger partial charge < -0.3 is 15.3 Å². The number of aromatic nitrogens is 2. The van der Waals surface area contributed by atoms with Crippen molar-refractivity contribution in [1.82, 2.24) is 9.97 Å². The first-order valence-corrected chi connectivity index (χ1v) is 2.72. The van der Waals surface area contributed by atoms with Crippen LogP contribution in [0.2, 0.25) is 0 Å². The van der Waals surface area contributed by atoms with Gasteiger partial charge in [0.1, 0.15) is 5.95 Å². The average Bonchev–Trinajstić information content (AvgIpc) is 1.88. The van der Waals surface area contributed by atoms with Crippen molar-refractivity contribution in [3.63, 3.8) is 0 Å². The summed E-state index contributed by atoms with van der Waals surface area (Å²) in [5.74, 6) is 0.620. The molecule has 0 amide bonds. The van der Waals surface area contributed by atoms with E-state index in [0.717, 1.165) is 5.69 Å². The minimum Gasteiger partial charge on any atom is -0.409 e. The van der Waals surface area contributed by atoms with Gasteiger partial charge in [0.05, 0.1) is 0 Å². The molecule has 0 aliphatic carbocycles. The molecule has 1 N–H and O–H groups in total. The molecule has 0 spiro atoms. The van der Waals surface area contributed by atoms with E-state index in [1.807, 2.05) is 6.92 Å². The van der Waals surface area contributed by atoms with Crippen molar-refractivity contribution < 1.29 is 21.1 Å². The Morgan fingerprint density at radius 3 is 2.70 bits per heavy atom. The molecule has 4 heteroatoms. The van der Waals surface area contributed by atoms with Gasteiger partial charge in [-0.25, -0.2) is 0 Å². The summed E-state index contributed by atoms with van der Waals surface area (Å²) >= 11 is 0. The summed E-state index contributed by atoms with van der Waals surface area (Å²) in [7, 11) is 1.78. The second-order valence-corrected chi connectivity index (χ2v) is 1.71. The standard InChI is InChI=1S/C6H8N3.W/c1-5-3-4-8-6(7-2)9-5;/h3H,1-2H3,(H,7,8,9);/q-1;. The third kappa shape index (κ3) is 2.44. The number of hydrogen-bond acceptors (Lipinski definition) is 3. The predicted octanol–water partition coefficient (Wildman–Crippen LogP) is 0.624. The Labute approximate surface area is 74.5 Å². The Kier molecular flexibility index (Phi) is 4.20. The fraction of sp³-hybridized carbons (Fsp3) is 0.333. The van der Waals surface area contributed by atoms with E-state index in [1.54, 1.807) is 13.1 Å². The maximum atomic E-state index is 4.04. The van der Waals surface area contributed by atoms with Crippen molar-refractivity contribution in [2.75, 3.05) is 12.4 Å². The van der Waals surface area contributed by atoms with Gasteiger partial charge in [-0.05, 0) is 7.05 Å². The van der Waals surface area contributed by atoms with E-state index in [4.69, 9.17) is 0 Å². The first-order chi connectivity index (χ1) is 4.33. The largest absolute Gasteiger partial charge is 0.409 e. The second kappa shape index (κ2) is 4.39. The summed E-state index contributed by atoms with van der Waals surface area (Å²) in [6.45, 7) is 1.90. The van der Waals surface area contributed by atoms with E-state index in [9.17, 15) is 0 Å². The number of rotatable bonds is 1. The summed E-state index contributed by atoms with van der Waals surface area (Å²) in [5, 5.41) is 2.81. The second-order valence-electron chi connectivity index (χ2n) is 1.71. The Morgan fingerprint density at radius 2 is 2.30 bits per heavy atom. The molecular weight excluding hydrogens is 298 g/mol. The molecule has 0 bridgehead atoms. The molecule has 0 aromatic carbocycles. The monoisotopic (exact) mass is 306 g/mol. The minimum absolute atomic E-state index is 0. The summed E-state index contributed by atoms with van der Waals surface area (Å²) in [5.41, 5.74) is 0.925. The van der Waals surface area contributed by atoms with Crippen LogP contribution in [-0.4, -0.2) is 17.0 Å². The molecule has 0 aliphatic heterocycles. The van der Waals surface area contributed by atoms with Crippen molar-refractivity contribution in [3.8, 4) is 0 Å². The van der Waals surface area contributed by atoms with Crippen LogP contribution in [0.4, 0.5) is 5.95 Å². The van der Waals surface area contributed by atoms with Crippen molar-refractivity contribution in [3.05, 3.63) is 18.0 Å². The number of aryl methyl sites for hydroxylation is 1. The van der Waals surface area contributed by atoms with Gasteiger partial charge in [0.15, 0.2) is 0 Å². The van der Waals surface area contributed by atoms with Crippen molar-refractivity contribution in [2.24, 2.45) is 0 Å². The molecule has 0 saturated heterocycles. The Morgan fingerprint density at radius 1 is 1.60 bits per heavy atom. The summed E-state index contributed by atoms with van der Waals surface area (Å²) in [4.78, 5) is 7.85. The Bertz CT molecular complexity index is 202. The van der Waals surface area contributed by atoms with Crippen LogP contribution in [0.5, 0.6) is 0 Å². The fourth-order valence-corrected chi connectivity index (χ4v) is 0.523. The quantitative estimate of drug-likeness (QED) is 0.773. The molecule has 0 saturated carbocycles. The van der Waals surface area contributed by atoms with Crippen LogP contribution < -0.4 is 5.32 Å². The number of anilines is 1. The number of hydrogen-bond donors (Lipinski definition) is 1. The van der Waals surface area contributed by atoms with E-state index >= 15 is 0 Å². The molecule has 1 aromatic heterocycles. The Hall–Kier alpha value is -0.432. The average molecular weight is 306 g/mol. The zero-order valence-electron chi connectivity index (χ0n) is 5.88. The van der Waals surface area contributed by atoms with Gasteiger partial charge in [0, 0.05) is 21.1 Å². The van der Waals surface area contributed by atoms with Gasteiger partial charge in [-0.15, -0.1) is 6.07 Å². The fourth-order valence-electron chi connectivity index (χ4n) is 0.523. The van der Waals surface area contributed by atoms with Crippen molar-refractivity contribution in [1.29, 1.82) is 0 Å². The maximum absolute atomic E-state index is 4.04. The van der Waals surface area contributed by atoms with E-state index in [1.165, 1.54) is 0 Å². The van der Waals surface area contributed by atoms with E-state index < -0.39 is 0 Å². The van der Waals surface area contributed by atoms with E-state index in [0.29, 0.717) is 5.95 Å². The zero-order chi connectivity index (χ0) is 6.69. The van der Waals surface area contributed by atoms with Gasteiger partial charge in [0.2, 0.25) is 0 Å². The number of nitrogens with one attached hydrogen (secondary N) is 1. The summed E-state index contributed by atoms with van der Waals surface area (Å²) in [6.07, 6.45) is 2.71. The molecule has 0 aliphatic rings. The van der Waals surface area contributed by atoms with Gasteiger partial charge in [-0.2, -0.15) is 0 Å². The van der Waals surface area contributed by atoms with Crippen LogP contribution in [-0.2, 0) is 21.1 Å². The van der Waals surface area contributed by atoms with Crippen LogP contribution in [0.3, 0.4) is 0 Å². The minimum atomic E-state index is 0. The van der Waals surface area contributed by atoms with Crippen LogP contribution in [0.15, 0.2) is 6.07 Å². The third-order valence-corrected chi connectivity index (χ3v) is 0.950. The molecule has 0 radical (unpaired) electrons. The van der Waals surface area contributed by atoms with Gasteiger partial charge >= 0.3 is 0 Å². The molecule has 0 fully saturated rings. The van der Waals surface area contributed by atoms with Crippen LogP contribution in [0, 0.1) is 13.1 Å².